The number of hydrogen-bond donors (Lipinski definition) is 1. The highest BCUT2D eigenvalue weighted by Crippen LogP contribution is 2.19. The second kappa shape index (κ2) is 9.51. The van der Waals surface area contributed by atoms with Gasteiger partial charge in [-0.3, -0.25) is 14.4 Å². The molecule has 1 fully saturated rings. The standard InChI is InChI=1S/C28H27N3O3/c32-26(29-18-20-12-14-21(15-13-20)28(34)30-16-6-1-7-17-30)19-31-24-10-4-2-8-22(24)27(33)23-9-3-5-11-25(23)31/h2-5,8-15H,1,6-7,16-19H2,(H,29,32). The molecule has 5 rings (SSSR count). The minimum Gasteiger partial charge on any atom is -0.350 e. The molecule has 1 aromatic heterocycles. The first kappa shape index (κ1) is 21.9. The van der Waals surface area contributed by atoms with Crippen LogP contribution in [-0.2, 0) is 17.9 Å². The van der Waals surface area contributed by atoms with Crippen molar-refractivity contribution in [3.63, 3.8) is 0 Å². The van der Waals surface area contributed by atoms with Crippen LogP contribution in [0.2, 0.25) is 0 Å². The first-order chi connectivity index (χ1) is 16.6. The third kappa shape index (κ3) is 4.31. The number of hydrogen-bond acceptors (Lipinski definition) is 3. The van der Waals surface area contributed by atoms with Crippen LogP contribution in [0.3, 0.4) is 0 Å². The Hall–Kier alpha value is -3.93. The maximum Gasteiger partial charge on any atom is 0.253 e. The summed E-state index contributed by atoms with van der Waals surface area (Å²) in [4.78, 5) is 40.3. The molecule has 0 atom stereocenters. The van der Waals surface area contributed by atoms with Gasteiger partial charge in [0.2, 0.25) is 5.91 Å². The third-order valence-corrected chi connectivity index (χ3v) is 6.51. The summed E-state index contributed by atoms with van der Waals surface area (Å²) >= 11 is 0. The monoisotopic (exact) mass is 453 g/mol. The highest BCUT2D eigenvalue weighted by Gasteiger charge is 2.18. The molecule has 4 aromatic rings. The van der Waals surface area contributed by atoms with Gasteiger partial charge in [0.1, 0.15) is 6.54 Å². The number of carbonyl (C=O) groups excluding carboxylic acids is 2. The van der Waals surface area contributed by atoms with Crippen molar-refractivity contribution in [3.05, 3.63) is 94.1 Å². The zero-order chi connectivity index (χ0) is 23.5. The Bertz CT molecular complexity index is 1360. The van der Waals surface area contributed by atoms with Crippen LogP contribution in [0.4, 0.5) is 0 Å². The fraction of sp³-hybridized carbons (Fsp3) is 0.250. The number of nitrogens with zero attached hydrogens (tertiary/aromatic N) is 2. The van der Waals surface area contributed by atoms with Crippen molar-refractivity contribution < 1.29 is 9.59 Å². The van der Waals surface area contributed by atoms with Gasteiger partial charge in [0, 0.05) is 36.0 Å². The van der Waals surface area contributed by atoms with Crippen molar-refractivity contribution in [2.75, 3.05) is 13.1 Å². The van der Waals surface area contributed by atoms with Crippen LogP contribution in [0, 0.1) is 0 Å². The zero-order valence-electron chi connectivity index (χ0n) is 19.0. The Balaban J connectivity index is 1.30. The summed E-state index contributed by atoms with van der Waals surface area (Å²) in [5.74, 6) is -0.0697. The highest BCUT2D eigenvalue weighted by atomic mass is 16.2. The van der Waals surface area contributed by atoms with Crippen LogP contribution >= 0.6 is 0 Å². The second-order valence-corrected chi connectivity index (χ2v) is 8.78. The molecule has 6 heteroatoms. The van der Waals surface area contributed by atoms with Crippen molar-refractivity contribution in [3.8, 4) is 0 Å². The van der Waals surface area contributed by atoms with E-state index in [-0.39, 0.29) is 23.8 Å². The molecule has 0 bridgehead atoms. The molecule has 0 radical (unpaired) electrons. The van der Waals surface area contributed by atoms with Gasteiger partial charge in [-0.25, -0.2) is 0 Å². The summed E-state index contributed by atoms with van der Waals surface area (Å²) in [5.41, 5.74) is 3.06. The predicted octanol–water partition coefficient (Wildman–Crippen LogP) is 4.10. The molecule has 2 amide bonds. The van der Waals surface area contributed by atoms with Gasteiger partial charge in [-0.15, -0.1) is 0 Å². The average molecular weight is 454 g/mol. The number of pyridine rings is 1. The number of nitrogens with one attached hydrogen (secondary N) is 1. The molecule has 34 heavy (non-hydrogen) atoms. The molecular weight excluding hydrogens is 426 g/mol. The van der Waals surface area contributed by atoms with E-state index < -0.39 is 0 Å². The number of fused-ring (bicyclic) bond motifs is 2. The molecule has 6 nitrogen and oxygen atoms in total. The number of carbonyl (C=O) groups is 2. The first-order valence-electron chi connectivity index (χ1n) is 11.8. The van der Waals surface area contributed by atoms with Gasteiger partial charge in [-0.1, -0.05) is 36.4 Å². The van der Waals surface area contributed by atoms with Gasteiger partial charge in [0.05, 0.1) is 11.0 Å². The lowest BCUT2D eigenvalue weighted by Gasteiger charge is -2.26. The number of piperidine rings is 1. The Labute approximate surface area is 197 Å². The average Bonchev–Trinajstić information content (AvgIpc) is 2.90. The smallest absolute Gasteiger partial charge is 0.253 e. The number of rotatable bonds is 5. The van der Waals surface area contributed by atoms with E-state index in [1.54, 1.807) is 12.1 Å². The molecule has 1 N–H and O–H groups in total. The molecule has 1 aliphatic heterocycles. The van der Waals surface area contributed by atoms with Gasteiger partial charge in [-0.2, -0.15) is 0 Å². The van der Waals surface area contributed by atoms with Crippen molar-refractivity contribution in [2.24, 2.45) is 0 Å². The number of benzene rings is 3. The summed E-state index contributed by atoms with van der Waals surface area (Å²) in [6.45, 7) is 2.12. The minimum atomic E-state index is -0.146. The van der Waals surface area contributed by atoms with E-state index in [0.29, 0.717) is 22.9 Å². The SMILES string of the molecule is O=C(Cn1c2ccccc2c(=O)c2ccccc21)NCc1ccc(C(=O)N2CCCCC2)cc1. The Morgan fingerprint density at radius 3 is 1.97 bits per heavy atom. The third-order valence-electron chi connectivity index (χ3n) is 6.51. The lowest BCUT2D eigenvalue weighted by molar-refractivity contribution is -0.121. The van der Waals surface area contributed by atoms with Crippen LogP contribution < -0.4 is 10.7 Å². The van der Waals surface area contributed by atoms with Gasteiger partial charge in [-0.05, 0) is 61.2 Å². The second-order valence-electron chi connectivity index (χ2n) is 8.78. The lowest BCUT2D eigenvalue weighted by Crippen LogP contribution is -2.35. The van der Waals surface area contributed by atoms with E-state index in [1.807, 2.05) is 70.1 Å². The first-order valence-corrected chi connectivity index (χ1v) is 11.8. The molecule has 0 unspecified atom stereocenters. The van der Waals surface area contributed by atoms with Crippen LogP contribution in [0.25, 0.3) is 21.8 Å². The highest BCUT2D eigenvalue weighted by molar-refractivity contribution is 5.95. The van der Waals surface area contributed by atoms with Crippen LogP contribution in [0.15, 0.2) is 77.6 Å². The van der Waals surface area contributed by atoms with Crippen molar-refractivity contribution in [1.82, 2.24) is 14.8 Å². The minimum absolute atomic E-state index is 0.0259. The van der Waals surface area contributed by atoms with E-state index >= 15 is 0 Å². The fourth-order valence-electron chi connectivity index (χ4n) is 4.69. The van der Waals surface area contributed by atoms with Crippen LogP contribution in [0.5, 0.6) is 0 Å². The molecule has 1 aliphatic rings. The Morgan fingerprint density at radius 2 is 1.35 bits per heavy atom. The summed E-state index contributed by atoms with van der Waals surface area (Å²) in [6.07, 6.45) is 3.32. The fourth-order valence-corrected chi connectivity index (χ4v) is 4.69. The Kier molecular flexibility index (Phi) is 6.12. The summed E-state index contributed by atoms with van der Waals surface area (Å²) < 4.78 is 1.89. The molecule has 0 saturated carbocycles. The topological polar surface area (TPSA) is 71.4 Å². The normalized spacial score (nSPS) is 13.8. The van der Waals surface area contributed by atoms with E-state index in [2.05, 4.69) is 5.32 Å². The van der Waals surface area contributed by atoms with Crippen molar-refractivity contribution >= 4 is 33.6 Å². The largest absolute Gasteiger partial charge is 0.350 e. The van der Waals surface area contributed by atoms with Gasteiger partial charge in [0.15, 0.2) is 5.43 Å². The number of para-hydroxylation sites is 2. The van der Waals surface area contributed by atoms with E-state index in [4.69, 9.17) is 0 Å². The number of likely N-dealkylation sites (tertiary alicyclic amines) is 1. The lowest BCUT2D eigenvalue weighted by atomic mass is 10.1. The maximum absolute atomic E-state index is 12.9. The molecule has 172 valence electrons. The summed E-state index contributed by atoms with van der Waals surface area (Å²) in [6, 6.07) is 22.2. The predicted molar refractivity (Wildman–Crippen MR) is 134 cm³/mol. The Morgan fingerprint density at radius 1 is 0.765 bits per heavy atom. The van der Waals surface area contributed by atoms with E-state index in [1.165, 1.54) is 6.42 Å². The molecule has 0 aliphatic carbocycles. The van der Waals surface area contributed by atoms with E-state index in [9.17, 15) is 14.4 Å². The molecule has 2 heterocycles. The van der Waals surface area contributed by atoms with Crippen molar-refractivity contribution in [2.45, 2.75) is 32.4 Å². The molecular formula is C28H27N3O3. The van der Waals surface area contributed by atoms with Gasteiger partial charge in [0.25, 0.3) is 5.91 Å². The number of aromatic nitrogens is 1. The van der Waals surface area contributed by atoms with Crippen molar-refractivity contribution in [1.29, 1.82) is 0 Å². The number of amides is 2. The van der Waals surface area contributed by atoms with E-state index in [0.717, 1.165) is 42.5 Å². The molecule has 1 saturated heterocycles. The van der Waals surface area contributed by atoms with Crippen LogP contribution in [0.1, 0.15) is 35.2 Å². The molecule has 3 aromatic carbocycles. The van der Waals surface area contributed by atoms with Gasteiger partial charge >= 0.3 is 0 Å². The quantitative estimate of drug-likeness (QED) is 0.463. The molecule has 0 spiro atoms. The van der Waals surface area contributed by atoms with Crippen LogP contribution in [-0.4, -0.2) is 34.4 Å². The summed E-state index contributed by atoms with van der Waals surface area (Å²) in [7, 11) is 0. The maximum atomic E-state index is 12.9. The zero-order valence-corrected chi connectivity index (χ0v) is 19.0. The van der Waals surface area contributed by atoms with Gasteiger partial charge < -0.3 is 14.8 Å². The summed E-state index contributed by atoms with van der Waals surface area (Å²) in [5, 5.41) is 4.17.